The molecule has 0 atom stereocenters. The maximum Gasteiger partial charge on any atom is 0.416 e. The number of ether oxygens (including phenoxy) is 1. The maximum absolute atomic E-state index is 13.3. The number of rotatable bonds is 5. The van der Waals surface area contributed by atoms with E-state index in [-0.39, 0.29) is 18.7 Å². The van der Waals surface area contributed by atoms with Crippen molar-refractivity contribution in [1.29, 1.82) is 0 Å². The van der Waals surface area contributed by atoms with Crippen LogP contribution in [0.3, 0.4) is 0 Å². The van der Waals surface area contributed by atoms with Gasteiger partial charge in [0.1, 0.15) is 5.65 Å². The summed E-state index contributed by atoms with van der Waals surface area (Å²) in [6.45, 7) is 3.50. The van der Waals surface area contributed by atoms with Gasteiger partial charge in [0.2, 0.25) is 0 Å². The van der Waals surface area contributed by atoms with Gasteiger partial charge in [0.25, 0.3) is 0 Å². The van der Waals surface area contributed by atoms with Crippen LogP contribution >= 0.6 is 0 Å². The summed E-state index contributed by atoms with van der Waals surface area (Å²) >= 11 is 0. The highest BCUT2D eigenvalue weighted by molar-refractivity contribution is 5.81. The van der Waals surface area contributed by atoms with Crippen molar-refractivity contribution in [2.45, 2.75) is 32.7 Å². The number of alkyl halides is 3. The van der Waals surface area contributed by atoms with Crippen LogP contribution in [0.5, 0.6) is 6.01 Å². The number of aliphatic hydroxyl groups excluding tert-OH is 1. The van der Waals surface area contributed by atoms with Crippen LogP contribution in [0.2, 0.25) is 0 Å². The summed E-state index contributed by atoms with van der Waals surface area (Å²) in [5.41, 5.74) is 1.90. The molecule has 0 fully saturated rings. The van der Waals surface area contributed by atoms with Crippen molar-refractivity contribution in [3.05, 3.63) is 66.0 Å². The molecule has 3 heterocycles. The summed E-state index contributed by atoms with van der Waals surface area (Å²) in [5.74, 6) is 0. The number of nitrogens with zero attached hydrogens (tertiary/aromatic N) is 4. The van der Waals surface area contributed by atoms with Crippen molar-refractivity contribution in [3.63, 3.8) is 0 Å². The molecule has 4 rings (SSSR count). The van der Waals surface area contributed by atoms with Crippen molar-refractivity contribution >= 4 is 5.65 Å². The monoisotopic (exact) mass is 428 g/mol. The minimum atomic E-state index is -4.48. The molecule has 1 aromatic carbocycles. The van der Waals surface area contributed by atoms with Gasteiger partial charge in [0, 0.05) is 18.0 Å². The van der Waals surface area contributed by atoms with Crippen LogP contribution in [-0.4, -0.2) is 30.6 Å². The van der Waals surface area contributed by atoms with Gasteiger partial charge in [0.15, 0.2) is 0 Å². The van der Waals surface area contributed by atoms with Crippen molar-refractivity contribution in [2.24, 2.45) is 0 Å². The van der Waals surface area contributed by atoms with E-state index in [0.717, 1.165) is 12.1 Å². The molecule has 0 aliphatic heterocycles. The summed E-state index contributed by atoms with van der Waals surface area (Å²) in [7, 11) is 0. The summed E-state index contributed by atoms with van der Waals surface area (Å²) in [6, 6.07) is 10.2. The van der Waals surface area contributed by atoms with Crippen molar-refractivity contribution in [1.82, 2.24) is 19.4 Å². The zero-order chi connectivity index (χ0) is 22.2. The molecule has 0 aliphatic rings. The number of halogens is 3. The van der Waals surface area contributed by atoms with Crippen LogP contribution < -0.4 is 4.74 Å². The molecule has 0 spiro atoms. The fraction of sp³-hybridized carbons (Fsp3) is 0.227. The van der Waals surface area contributed by atoms with Gasteiger partial charge in [0.05, 0.1) is 35.4 Å². The van der Waals surface area contributed by atoms with E-state index < -0.39 is 11.7 Å². The van der Waals surface area contributed by atoms with Gasteiger partial charge in [-0.2, -0.15) is 18.2 Å². The van der Waals surface area contributed by atoms with E-state index in [4.69, 9.17) is 4.74 Å². The van der Waals surface area contributed by atoms with E-state index in [1.54, 1.807) is 34.9 Å². The van der Waals surface area contributed by atoms with Gasteiger partial charge in [-0.15, -0.1) is 0 Å². The predicted octanol–water partition coefficient (Wildman–Crippen LogP) is 4.76. The number of fused-ring (bicyclic) bond motifs is 1. The molecule has 0 amide bonds. The first kappa shape index (κ1) is 20.8. The molecule has 0 saturated carbocycles. The Bertz CT molecular complexity index is 1240. The molecule has 4 aromatic rings. The fourth-order valence-corrected chi connectivity index (χ4v) is 3.21. The summed E-state index contributed by atoms with van der Waals surface area (Å²) in [6.07, 6.45) is -1.40. The Hall–Kier alpha value is -3.46. The van der Waals surface area contributed by atoms with Crippen LogP contribution in [0.15, 0.2) is 54.9 Å². The van der Waals surface area contributed by atoms with E-state index in [0.29, 0.717) is 33.9 Å². The van der Waals surface area contributed by atoms with Gasteiger partial charge in [-0.3, -0.25) is 4.40 Å². The van der Waals surface area contributed by atoms with Crippen molar-refractivity contribution in [3.8, 4) is 28.7 Å². The average Bonchev–Trinajstić information content (AvgIpc) is 3.11. The number of hydrogen-bond acceptors (Lipinski definition) is 5. The van der Waals surface area contributed by atoms with Gasteiger partial charge >= 0.3 is 12.2 Å². The van der Waals surface area contributed by atoms with Gasteiger partial charge in [-0.25, -0.2) is 9.97 Å². The normalized spacial score (nSPS) is 12.0. The third kappa shape index (κ3) is 4.22. The Morgan fingerprint density at radius 2 is 1.90 bits per heavy atom. The first-order valence-electron chi connectivity index (χ1n) is 9.56. The summed E-state index contributed by atoms with van der Waals surface area (Å²) in [5, 5.41) is 9.45. The van der Waals surface area contributed by atoms with Gasteiger partial charge < -0.3 is 9.84 Å². The maximum atomic E-state index is 13.3. The summed E-state index contributed by atoms with van der Waals surface area (Å²) < 4.78 is 47.2. The minimum absolute atomic E-state index is 0.146. The molecule has 0 bridgehead atoms. The number of imidazole rings is 1. The number of hydrogen-bond donors (Lipinski definition) is 1. The SMILES string of the molecule is CC(C)Oc1nccc(-c2c(-c3cccc(C(F)(F)F)c3)nc3cc(CO)ccn23)n1. The molecular weight excluding hydrogens is 409 g/mol. The lowest BCUT2D eigenvalue weighted by Crippen LogP contribution is -2.08. The largest absolute Gasteiger partial charge is 0.461 e. The Balaban J connectivity index is 1.96. The second kappa shape index (κ2) is 7.99. The zero-order valence-corrected chi connectivity index (χ0v) is 16.8. The standard InChI is InChI=1S/C22H19F3N4O2/c1-13(2)31-21-26-8-6-17(27-21)20-19(15-4-3-5-16(11-15)22(23,24)25)28-18-10-14(12-30)7-9-29(18)20/h3-11,13,30H,12H2,1-2H3. The Labute approximate surface area is 176 Å². The molecule has 0 saturated heterocycles. The second-order valence-corrected chi connectivity index (χ2v) is 7.20. The van der Waals surface area contributed by atoms with Crippen LogP contribution in [0.1, 0.15) is 25.0 Å². The van der Waals surface area contributed by atoms with Crippen LogP contribution in [0.4, 0.5) is 13.2 Å². The molecule has 1 N–H and O–H groups in total. The summed E-state index contributed by atoms with van der Waals surface area (Å²) in [4.78, 5) is 13.1. The molecule has 0 radical (unpaired) electrons. The quantitative estimate of drug-likeness (QED) is 0.496. The van der Waals surface area contributed by atoms with E-state index in [1.807, 2.05) is 13.8 Å². The number of benzene rings is 1. The van der Waals surface area contributed by atoms with E-state index in [1.165, 1.54) is 12.3 Å². The average molecular weight is 428 g/mol. The van der Waals surface area contributed by atoms with E-state index in [2.05, 4.69) is 15.0 Å². The van der Waals surface area contributed by atoms with Crippen LogP contribution in [0, 0.1) is 0 Å². The molecule has 3 aromatic heterocycles. The van der Waals surface area contributed by atoms with Crippen LogP contribution in [0.25, 0.3) is 28.3 Å². The molecule has 160 valence electrons. The lowest BCUT2D eigenvalue weighted by atomic mass is 10.1. The van der Waals surface area contributed by atoms with Crippen molar-refractivity contribution in [2.75, 3.05) is 0 Å². The third-order valence-electron chi connectivity index (χ3n) is 4.55. The van der Waals surface area contributed by atoms with E-state index in [9.17, 15) is 18.3 Å². The first-order valence-corrected chi connectivity index (χ1v) is 9.56. The number of aliphatic hydroxyl groups is 1. The van der Waals surface area contributed by atoms with Crippen molar-refractivity contribution < 1.29 is 23.0 Å². The minimum Gasteiger partial charge on any atom is -0.461 e. The zero-order valence-electron chi connectivity index (χ0n) is 16.8. The molecule has 6 nitrogen and oxygen atoms in total. The highest BCUT2D eigenvalue weighted by atomic mass is 19.4. The van der Waals surface area contributed by atoms with Gasteiger partial charge in [-0.1, -0.05) is 12.1 Å². The molecule has 31 heavy (non-hydrogen) atoms. The van der Waals surface area contributed by atoms with Crippen LogP contribution in [-0.2, 0) is 12.8 Å². The Morgan fingerprint density at radius 3 is 2.61 bits per heavy atom. The Kier molecular flexibility index (Phi) is 5.36. The van der Waals surface area contributed by atoms with E-state index >= 15 is 0 Å². The second-order valence-electron chi connectivity index (χ2n) is 7.20. The molecule has 9 heteroatoms. The number of aromatic nitrogens is 4. The molecular formula is C22H19F3N4O2. The molecule has 0 unspecified atom stereocenters. The number of pyridine rings is 1. The smallest absolute Gasteiger partial charge is 0.416 e. The highest BCUT2D eigenvalue weighted by Crippen LogP contribution is 2.36. The lowest BCUT2D eigenvalue weighted by molar-refractivity contribution is -0.137. The fourth-order valence-electron chi connectivity index (χ4n) is 3.21. The third-order valence-corrected chi connectivity index (χ3v) is 4.55. The lowest BCUT2D eigenvalue weighted by Gasteiger charge is -2.11. The highest BCUT2D eigenvalue weighted by Gasteiger charge is 2.31. The molecule has 0 aliphatic carbocycles. The topological polar surface area (TPSA) is 72.5 Å². The Morgan fingerprint density at radius 1 is 1.10 bits per heavy atom. The van der Waals surface area contributed by atoms with Gasteiger partial charge in [-0.05, 0) is 49.7 Å². The first-order chi connectivity index (χ1) is 14.8. The predicted molar refractivity (Wildman–Crippen MR) is 108 cm³/mol.